The summed E-state index contributed by atoms with van der Waals surface area (Å²) in [5.41, 5.74) is 0.537. The molecule has 0 bridgehead atoms. The van der Waals surface area contributed by atoms with Crippen LogP contribution in [0.3, 0.4) is 0 Å². The zero-order valence-electron chi connectivity index (χ0n) is 16.1. The Kier molecular flexibility index (Phi) is 8.08. The van der Waals surface area contributed by atoms with Crippen molar-refractivity contribution in [1.29, 1.82) is 0 Å². The molecule has 2 aromatic heterocycles. The fourth-order valence-corrected chi connectivity index (χ4v) is 4.80. The molecule has 1 aliphatic heterocycles. The maximum absolute atomic E-state index is 12.8. The van der Waals surface area contributed by atoms with Gasteiger partial charge in [0.15, 0.2) is 5.16 Å². The predicted octanol–water partition coefficient (Wildman–Crippen LogP) is 2.49. The Morgan fingerprint density at radius 1 is 1.38 bits per heavy atom. The van der Waals surface area contributed by atoms with Gasteiger partial charge in [-0.1, -0.05) is 18.2 Å². The first-order chi connectivity index (χ1) is 14.0. The molecule has 3 heterocycles. The summed E-state index contributed by atoms with van der Waals surface area (Å²) in [5, 5.41) is 14.0. The fourth-order valence-electron chi connectivity index (χ4n) is 3.17. The normalized spacial score (nSPS) is 16.3. The highest BCUT2D eigenvalue weighted by molar-refractivity contribution is 7.99. The van der Waals surface area contributed by atoms with Crippen LogP contribution in [-0.2, 0) is 20.9 Å². The number of thiophene rings is 1. The number of nitrogens with one attached hydrogen (secondary N) is 1. The first-order valence-electron chi connectivity index (χ1n) is 9.75. The van der Waals surface area contributed by atoms with Gasteiger partial charge in [-0.05, 0) is 37.1 Å². The molecule has 0 radical (unpaired) electrons. The van der Waals surface area contributed by atoms with Gasteiger partial charge in [0, 0.05) is 26.1 Å². The number of carboxylic acid groups (broad SMARTS) is 1. The number of amides is 1. The Labute approximate surface area is 176 Å². The third-order valence-corrected chi connectivity index (χ3v) is 6.55. The SMILES string of the molecule is O=C(O)CCCCCn1c(SCC(=O)NCC2CCCO2)nc2ccsc2c1=O. The molecule has 2 aromatic rings. The van der Waals surface area contributed by atoms with Gasteiger partial charge in [0.05, 0.1) is 17.4 Å². The van der Waals surface area contributed by atoms with Gasteiger partial charge < -0.3 is 15.2 Å². The molecule has 1 unspecified atom stereocenters. The summed E-state index contributed by atoms with van der Waals surface area (Å²) in [7, 11) is 0. The minimum absolute atomic E-state index is 0.0909. The highest BCUT2D eigenvalue weighted by atomic mass is 32.2. The Hall–Kier alpha value is -1.91. The van der Waals surface area contributed by atoms with Gasteiger partial charge in [-0.2, -0.15) is 0 Å². The van der Waals surface area contributed by atoms with Gasteiger partial charge in [0.25, 0.3) is 5.56 Å². The lowest BCUT2D eigenvalue weighted by Gasteiger charge is -2.13. The van der Waals surface area contributed by atoms with Crippen molar-refractivity contribution in [1.82, 2.24) is 14.9 Å². The number of carbonyl (C=O) groups is 2. The lowest BCUT2D eigenvalue weighted by atomic mass is 10.2. The summed E-state index contributed by atoms with van der Waals surface area (Å²) in [5.74, 6) is -0.749. The molecule has 8 nitrogen and oxygen atoms in total. The predicted molar refractivity (Wildman–Crippen MR) is 113 cm³/mol. The average molecular weight is 440 g/mol. The Morgan fingerprint density at radius 3 is 3.00 bits per heavy atom. The summed E-state index contributed by atoms with van der Waals surface area (Å²) in [4.78, 5) is 40.2. The molecule has 158 valence electrons. The van der Waals surface area contributed by atoms with E-state index in [4.69, 9.17) is 9.84 Å². The topological polar surface area (TPSA) is 111 Å². The standard InChI is InChI=1S/C19H25N3O5S2/c23-15(20-11-13-5-4-9-27-13)12-29-19-21-14-7-10-28-17(14)18(26)22(19)8-3-1-2-6-16(24)25/h7,10,13H,1-6,8-9,11-12H2,(H,20,23)(H,24,25). The van der Waals surface area contributed by atoms with E-state index in [1.807, 2.05) is 5.38 Å². The molecule has 0 saturated carbocycles. The Balaban J connectivity index is 1.61. The van der Waals surface area contributed by atoms with Crippen molar-refractivity contribution in [2.45, 2.75) is 56.3 Å². The number of unbranched alkanes of at least 4 members (excludes halogenated alkanes) is 2. The van der Waals surface area contributed by atoms with Crippen LogP contribution in [0.1, 0.15) is 38.5 Å². The molecule has 2 N–H and O–H groups in total. The van der Waals surface area contributed by atoms with Crippen LogP contribution in [0.5, 0.6) is 0 Å². The number of hydrogen-bond acceptors (Lipinski definition) is 7. The zero-order chi connectivity index (χ0) is 20.6. The van der Waals surface area contributed by atoms with E-state index in [1.165, 1.54) is 23.1 Å². The molecular formula is C19H25N3O5S2. The van der Waals surface area contributed by atoms with E-state index < -0.39 is 5.97 Å². The van der Waals surface area contributed by atoms with E-state index >= 15 is 0 Å². The highest BCUT2D eigenvalue weighted by Crippen LogP contribution is 2.21. The second-order valence-electron chi connectivity index (χ2n) is 6.92. The van der Waals surface area contributed by atoms with Crippen LogP contribution < -0.4 is 10.9 Å². The van der Waals surface area contributed by atoms with Gasteiger partial charge in [-0.25, -0.2) is 4.98 Å². The summed E-state index contributed by atoms with van der Waals surface area (Å²) < 4.78 is 7.71. The van der Waals surface area contributed by atoms with Crippen molar-refractivity contribution in [3.05, 3.63) is 21.8 Å². The lowest BCUT2D eigenvalue weighted by Crippen LogP contribution is -2.33. The molecule has 10 heteroatoms. The van der Waals surface area contributed by atoms with Crippen LogP contribution in [0, 0.1) is 0 Å². The second-order valence-corrected chi connectivity index (χ2v) is 8.78. The Morgan fingerprint density at radius 2 is 2.24 bits per heavy atom. The summed E-state index contributed by atoms with van der Waals surface area (Å²) in [6.07, 6.45) is 4.19. The van der Waals surface area contributed by atoms with Crippen molar-refractivity contribution in [2.75, 3.05) is 18.9 Å². The highest BCUT2D eigenvalue weighted by Gasteiger charge is 2.17. The number of thioether (sulfide) groups is 1. The minimum atomic E-state index is -0.811. The smallest absolute Gasteiger partial charge is 0.303 e. The first kappa shape index (κ1) is 21.8. The van der Waals surface area contributed by atoms with Crippen LogP contribution >= 0.6 is 23.1 Å². The van der Waals surface area contributed by atoms with Crippen LogP contribution in [-0.4, -0.2) is 51.5 Å². The van der Waals surface area contributed by atoms with Gasteiger partial charge >= 0.3 is 5.97 Å². The van der Waals surface area contributed by atoms with E-state index in [0.29, 0.717) is 47.7 Å². The summed E-state index contributed by atoms with van der Waals surface area (Å²) >= 11 is 2.60. The fraction of sp³-hybridized carbons (Fsp3) is 0.579. The molecule has 1 fully saturated rings. The number of fused-ring (bicyclic) bond motifs is 1. The third-order valence-electron chi connectivity index (χ3n) is 4.69. The number of aromatic nitrogens is 2. The zero-order valence-corrected chi connectivity index (χ0v) is 17.7. The largest absolute Gasteiger partial charge is 0.481 e. The van der Waals surface area contributed by atoms with Crippen molar-refractivity contribution in [3.8, 4) is 0 Å². The van der Waals surface area contributed by atoms with E-state index in [1.54, 1.807) is 10.6 Å². The molecule has 1 amide bonds. The monoisotopic (exact) mass is 439 g/mol. The molecule has 0 spiro atoms. The van der Waals surface area contributed by atoms with Crippen LogP contribution in [0.2, 0.25) is 0 Å². The second kappa shape index (κ2) is 10.7. The van der Waals surface area contributed by atoms with Gasteiger partial charge in [-0.3, -0.25) is 19.0 Å². The van der Waals surface area contributed by atoms with E-state index in [-0.39, 0.29) is 29.7 Å². The number of hydrogen-bond donors (Lipinski definition) is 2. The molecule has 1 saturated heterocycles. The number of nitrogens with zero attached hydrogens (tertiary/aromatic N) is 2. The van der Waals surface area contributed by atoms with Crippen LogP contribution in [0.25, 0.3) is 10.2 Å². The summed E-state index contributed by atoms with van der Waals surface area (Å²) in [6, 6.07) is 1.81. The number of carbonyl (C=O) groups excluding carboxylic acids is 1. The minimum Gasteiger partial charge on any atom is -0.481 e. The molecule has 3 rings (SSSR count). The number of rotatable bonds is 11. The number of aliphatic carboxylic acids is 1. The molecule has 1 aliphatic rings. The van der Waals surface area contributed by atoms with Gasteiger partial charge in [-0.15, -0.1) is 11.3 Å². The van der Waals surface area contributed by atoms with Crippen molar-refractivity contribution in [2.24, 2.45) is 0 Å². The van der Waals surface area contributed by atoms with Crippen LogP contribution in [0.4, 0.5) is 0 Å². The van der Waals surface area contributed by atoms with Gasteiger partial charge in [0.1, 0.15) is 4.70 Å². The maximum atomic E-state index is 12.8. The van der Waals surface area contributed by atoms with Crippen molar-refractivity contribution < 1.29 is 19.4 Å². The molecule has 0 aliphatic carbocycles. The third kappa shape index (κ3) is 6.28. The number of carboxylic acids is 1. The van der Waals surface area contributed by atoms with Crippen molar-refractivity contribution in [3.63, 3.8) is 0 Å². The molecule has 0 aromatic carbocycles. The van der Waals surface area contributed by atoms with E-state index in [2.05, 4.69) is 10.3 Å². The molecule has 1 atom stereocenters. The van der Waals surface area contributed by atoms with E-state index in [0.717, 1.165) is 19.4 Å². The average Bonchev–Trinajstić information content (AvgIpc) is 3.37. The lowest BCUT2D eigenvalue weighted by molar-refractivity contribution is -0.137. The van der Waals surface area contributed by atoms with Gasteiger partial charge in [0.2, 0.25) is 5.91 Å². The Bertz CT molecular complexity index is 905. The quantitative estimate of drug-likeness (QED) is 0.314. The first-order valence-corrected chi connectivity index (χ1v) is 11.6. The summed E-state index contributed by atoms with van der Waals surface area (Å²) in [6.45, 7) is 1.71. The number of ether oxygens (including phenoxy) is 1. The maximum Gasteiger partial charge on any atom is 0.303 e. The van der Waals surface area contributed by atoms with Crippen LogP contribution in [0.15, 0.2) is 21.4 Å². The molecular weight excluding hydrogens is 414 g/mol. The van der Waals surface area contributed by atoms with Crippen molar-refractivity contribution >= 4 is 45.2 Å². The molecule has 29 heavy (non-hydrogen) atoms. The van der Waals surface area contributed by atoms with E-state index in [9.17, 15) is 14.4 Å².